The monoisotopic (exact) mass is 297 g/mol. The fourth-order valence-electron chi connectivity index (χ4n) is 1.89. The third kappa shape index (κ3) is 2.11. The second-order valence-electron chi connectivity index (χ2n) is 4.05. The minimum atomic E-state index is -0.688. The Balaban J connectivity index is 2.84. The number of aryl methyl sites for hydroxylation is 1. The Morgan fingerprint density at radius 1 is 1.50 bits per heavy atom. The first-order chi connectivity index (χ1) is 9.52. The number of pyridine rings is 1. The molecule has 2 N–H and O–H groups in total. The Hall–Kier alpha value is -2.09. The van der Waals surface area contributed by atoms with E-state index in [0.29, 0.717) is 22.5 Å². The number of rotatable bonds is 4. The summed E-state index contributed by atoms with van der Waals surface area (Å²) in [4.78, 5) is 29.9. The molecule has 0 atom stereocenters. The van der Waals surface area contributed by atoms with Gasteiger partial charge in [0.25, 0.3) is 5.91 Å². The van der Waals surface area contributed by atoms with Crippen molar-refractivity contribution in [1.29, 1.82) is 0 Å². The van der Waals surface area contributed by atoms with E-state index in [9.17, 15) is 14.7 Å². The van der Waals surface area contributed by atoms with Crippen LogP contribution in [0.3, 0.4) is 0 Å². The molecule has 0 unspecified atom stereocenters. The van der Waals surface area contributed by atoms with Crippen LogP contribution in [0.5, 0.6) is 5.75 Å². The number of carbonyl (C=O) groups is 1. The van der Waals surface area contributed by atoms with Gasteiger partial charge in [0, 0.05) is 6.54 Å². The van der Waals surface area contributed by atoms with Crippen LogP contribution in [-0.4, -0.2) is 33.3 Å². The molecule has 0 saturated carbocycles. The first kappa shape index (κ1) is 14.3. The summed E-state index contributed by atoms with van der Waals surface area (Å²) < 4.78 is 5.12. The molecule has 0 spiro atoms. The third-order valence-electron chi connectivity index (χ3n) is 2.72. The highest BCUT2D eigenvalue weighted by atomic mass is 32.1. The second-order valence-corrected chi connectivity index (χ2v) is 4.80. The Bertz CT molecular complexity index is 720. The number of fused-ring (bicyclic) bond motifs is 1. The van der Waals surface area contributed by atoms with Crippen LogP contribution in [0.25, 0.3) is 10.2 Å². The average molecular weight is 297 g/mol. The van der Waals surface area contributed by atoms with Crippen LogP contribution < -0.4 is 15.7 Å². The normalized spacial score (nSPS) is 10.8. The minimum absolute atomic E-state index is 0.256. The summed E-state index contributed by atoms with van der Waals surface area (Å²) in [6, 6.07) is 0. The van der Waals surface area contributed by atoms with Crippen LogP contribution in [0, 0.1) is 6.92 Å². The molecule has 20 heavy (non-hydrogen) atoms. The van der Waals surface area contributed by atoms with E-state index in [1.807, 2.05) is 0 Å². The standard InChI is InChI=1S/C12H15N3O4S/c1-4-13-10(17)8-9(16)7-6(3)14-20-12(7)15(11(8)18)19-5-2/h16H,4-5H2,1-3H3,(H,13,17). The van der Waals surface area contributed by atoms with E-state index in [0.717, 1.165) is 16.3 Å². The molecule has 7 nitrogen and oxygen atoms in total. The predicted molar refractivity (Wildman–Crippen MR) is 75.4 cm³/mol. The van der Waals surface area contributed by atoms with Gasteiger partial charge in [-0.15, -0.1) is 4.73 Å². The second kappa shape index (κ2) is 5.49. The maximum atomic E-state index is 12.3. The number of carbonyl (C=O) groups excluding carboxylic acids is 1. The molecule has 1 amide bonds. The fourth-order valence-corrected chi connectivity index (χ4v) is 2.75. The highest BCUT2D eigenvalue weighted by Gasteiger charge is 2.25. The third-order valence-corrected chi connectivity index (χ3v) is 3.63. The van der Waals surface area contributed by atoms with E-state index in [2.05, 4.69) is 9.69 Å². The van der Waals surface area contributed by atoms with Crippen LogP contribution in [0.15, 0.2) is 4.79 Å². The van der Waals surface area contributed by atoms with Gasteiger partial charge < -0.3 is 15.3 Å². The Labute approximate surface area is 118 Å². The number of nitrogens with one attached hydrogen (secondary N) is 1. The molecule has 0 aliphatic heterocycles. The van der Waals surface area contributed by atoms with E-state index < -0.39 is 11.5 Å². The molecule has 0 radical (unpaired) electrons. The average Bonchev–Trinajstić information content (AvgIpc) is 2.77. The number of aromatic nitrogens is 2. The van der Waals surface area contributed by atoms with Crippen molar-refractivity contribution in [2.24, 2.45) is 0 Å². The van der Waals surface area contributed by atoms with E-state index in [-0.39, 0.29) is 17.9 Å². The summed E-state index contributed by atoms with van der Waals surface area (Å²) in [5.41, 5.74) is -0.468. The lowest BCUT2D eigenvalue weighted by Gasteiger charge is -2.11. The summed E-state index contributed by atoms with van der Waals surface area (Å²) in [6.45, 7) is 5.76. The molecule has 0 bridgehead atoms. The van der Waals surface area contributed by atoms with Crippen molar-refractivity contribution in [2.75, 3.05) is 13.2 Å². The summed E-state index contributed by atoms with van der Waals surface area (Å²) in [6.07, 6.45) is 0. The lowest BCUT2D eigenvalue weighted by Crippen LogP contribution is -2.35. The number of aromatic hydroxyl groups is 1. The van der Waals surface area contributed by atoms with Gasteiger partial charge in [0.1, 0.15) is 12.4 Å². The van der Waals surface area contributed by atoms with Gasteiger partial charge in [-0.25, -0.2) is 0 Å². The molecule has 0 aliphatic rings. The summed E-state index contributed by atoms with van der Waals surface area (Å²) in [5.74, 6) is -0.978. The van der Waals surface area contributed by atoms with Crippen molar-refractivity contribution in [3.05, 3.63) is 21.6 Å². The fraction of sp³-hybridized carbons (Fsp3) is 0.417. The first-order valence-corrected chi connectivity index (χ1v) is 6.95. The molecule has 108 valence electrons. The van der Waals surface area contributed by atoms with Crippen molar-refractivity contribution < 1.29 is 14.7 Å². The van der Waals surface area contributed by atoms with Crippen molar-refractivity contribution in [1.82, 2.24) is 14.4 Å². The molecule has 0 aromatic carbocycles. The zero-order chi connectivity index (χ0) is 14.9. The highest BCUT2D eigenvalue weighted by molar-refractivity contribution is 7.13. The van der Waals surface area contributed by atoms with Crippen molar-refractivity contribution in [3.63, 3.8) is 0 Å². The maximum absolute atomic E-state index is 12.3. The lowest BCUT2D eigenvalue weighted by atomic mass is 10.1. The predicted octanol–water partition coefficient (Wildman–Crippen LogP) is 0.670. The van der Waals surface area contributed by atoms with Crippen LogP contribution in [0.1, 0.15) is 29.9 Å². The van der Waals surface area contributed by atoms with Gasteiger partial charge in [0.2, 0.25) is 0 Å². The van der Waals surface area contributed by atoms with E-state index in [1.165, 1.54) is 0 Å². The summed E-state index contributed by atoms with van der Waals surface area (Å²) >= 11 is 1.04. The Kier molecular flexibility index (Phi) is 3.93. The van der Waals surface area contributed by atoms with Gasteiger partial charge in [0.15, 0.2) is 10.4 Å². The quantitative estimate of drug-likeness (QED) is 0.865. The molecule has 0 fully saturated rings. The molecular formula is C12H15N3O4S. The maximum Gasteiger partial charge on any atom is 0.301 e. The van der Waals surface area contributed by atoms with Gasteiger partial charge in [-0.3, -0.25) is 9.59 Å². The van der Waals surface area contributed by atoms with Crippen molar-refractivity contribution >= 4 is 27.7 Å². The first-order valence-electron chi connectivity index (χ1n) is 6.18. The number of amides is 1. The van der Waals surface area contributed by atoms with E-state index in [4.69, 9.17) is 4.84 Å². The van der Waals surface area contributed by atoms with Gasteiger partial charge in [-0.05, 0) is 32.3 Å². The van der Waals surface area contributed by atoms with Crippen LogP contribution in [-0.2, 0) is 0 Å². The molecule has 2 aromatic heterocycles. The summed E-state index contributed by atoms with van der Waals surface area (Å²) in [5, 5.41) is 13.1. The highest BCUT2D eigenvalue weighted by Crippen LogP contribution is 2.31. The van der Waals surface area contributed by atoms with Crippen molar-refractivity contribution in [2.45, 2.75) is 20.8 Å². The topological polar surface area (TPSA) is 93.5 Å². The molecular weight excluding hydrogens is 282 g/mol. The molecule has 2 heterocycles. The van der Waals surface area contributed by atoms with Crippen molar-refractivity contribution in [3.8, 4) is 5.75 Å². The number of hydrogen-bond donors (Lipinski definition) is 2. The van der Waals surface area contributed by atoms with E-state index in [1.54, 1.807) is 20.8 Å². The zero-order valence-electron chi connectivity index (χ0n) is 11.4. The van der Waals surface area contributed by atoms with Gasteiger partial charge >= 0.3 is 5.56 Å². The van der Waals surface area contributed by atoms with Crippen LogP contribution in [0.2, 0.25) is 0 Å². The molecule has 2 aromatic rings. The largest absolute Gasteiger partial charge is 0.506 e. The SMILES string of the molecule is CCNC(=O)c1c(O)c2c(C)nsc2n(OCC)c1=O. The minimum Gasteiger partial charge on any atom is -0.506 e. The van der Waals surface area contributed by atoms with Crippen LogP contribution in [0.4, 0.5) is 0 Å². The van der Waals surface area contributed by atoms with E-state index >= 15 is 0 Å². The zero-order valence-corrected chi connectivity index (χ0v) is 12.2. The summed E-state index contributed by atoms with van der Waals surface area (Å²) in [7, 11) is 0. The number of hydrogen-bond acceptors (Lipinski definition) is 6. The van der Waals surface area contributed by atoms with Gasteiger partial charge in [-0.1, -0.05) is 0 Å². The number of nitrogens with zero attached hydrogens (tertiary/aromatic N) is 2. The van der Waals surface area contributed by atoms with Gasteiger partial charge in [0.05, 0.1) is 11.1 Å². The lowest BCUT2D eigenvalue weighted by molar-refractivity contribution is 0.0936. The van der Waals surface area contributed by atoms with Gasteiger partial charge in [-0.2, -0.15) is 4.37 Å². The molecule has 2 rings (SSSR count). The smallest absolute Gasteiger partial charge is 0.301 e. The molecule has 0 saturated heterocycles. The Morgan fingerprint density at radius 2 is 2.20 bits per heavy atom. The Morgan fingerprint density at radius 3 is 2.80 bits per heavy atom. The van der Waals surface area contributed by atoms with Crippen LogP contribution >= 0.6 is 11.5 Å². The molecule has 0 aliphatic carbocycles. The molecule has 8 heteroatoms.